The largest absolute Gasteiger partial charge is 0.495 e. The number of nitrogens with one attached hydrogen (secondary N) is 1. The van der Waals surface area contributed by atoms with Crippen molar-refractivity contribution in [2.45, 2.75) is 24.8 Å². The van der Waals surface area contributed by atoms with Gasteiger partial charge in [-0.2, -0.15) is 4.72 Å². The number of methoxy groups -OCH3 is 1. The lowest BCUT2D eigenvalue weighted by atomic mass is 10.2. The van der Waals surface area contributed by atoms with Gasteiger partial charge in [-0.25, -0.2) is 8.42 Å². The second kappa shape index (κ2) is 5.36. The smallest absolute Gasteiger partial charge is 0.321 e. The van der Waals surface area contributed by atoms with Crippen LogP contribution >= 0.6 is 0 Å². The van der Waals surface area contributed by atoms with Gasteiger partial charge in [0.2, 0.25) is 10.0 Å². The van der Waals surface area contributed by atoms with Crippen molar-refractivity contribution < 1.29 is 23.1 Å². The van der Waals surface area contributed by atoms with Crippen LogP contribution in [0, 0.1) is 6.92 Å². The Morgan fingerprint density at radius 3 is 2.56 bits per heavy atom. The molecule has 0 heterocycles. The summed E-state index contributed by atoms with van der Waals surface area (Å²) in [7, 11) is -2.57. The summed E-state index contributed by atoms with van der Waals surface area (Å²) in [6.45, 7) is 2.99. The Labute approximate surface area is 106 Å². The fourth-order valence-corrected chi connectivity index (χ4v) is 2.79. The lowest BCUT2D eigenvalue weighted by Gasteiger charge is -2.13. The first-order valence-corrected chi connectivity index (χ1v) is 6.66. The molecule has 0 aliphatic rings. The van der Waals surface area contributed by atoms with E-state index in [1.807, 2.05) is 0 Å². The average Bonchev–Trinajstić information content (AvgIpc) is 2.28. The van der Waals surface area contributed by atoms with Crippen molar-refractivity contribution in [2.75, 3.05) is 7.11 Å². The number of carboxylic acid groups (broad SMARTS) is 1. The zero-order chi connectivity index (χ0) is 13.9. The Hall–Kier alpha value is -1.60. The fourth-order valence-electron chi connectivity index (χ4n) is 1.34. The molecule has 0 spiro atoms. The molecule has 0 aliphatic heterocycles. The molecule has 6 nitrogen and oxygen atoms in total. The van der Waals surface area contributed by atoms with Crippen LogP contribution in [0.3, 0.4) is 0 Å². The minimum atomic E-state index is -3.93. The fraction of sp³-hybridized carbons (Fsp3) is 0.364. The van der Waals surface area contributed by atoms with E-state index in [1.165, 1.54) is 26.2 Å². The summed E-state index contributed by atoms with van der Waals surface area (Å²) in [5, 5.41) is 8.72. The standard InChI is InChI=1S/C11H15NO5S/c1-7-4-5-9(17-3)10(6-7)18(15,16)12-8(2)11(13)14/h4-6,8,12H,1-3H3,(H,13,14)/t8-/m1/s1. The minimum absolute atomic E-state index is 0.0712. The highest BCUT2D eigenvalue weighted by Gasteiger charge is 2.24. The molecule has 0 aliphatic carbocycles. The van der Waals surface area contributed by atoms with Crippen LogP contribution in [-0.4, -0.2) is 32.6 Å². The quantitative estimate of drug-likeness (QED) is 0.826. The maximum Gasteiger partial charge on any atom is 0.321 e. The lowest BCUT2D eigenvalue weighted by Crippen LogP contribution is -2.38. The predicted octanol–water partition coefficient (Wildman–Crippen LogP) is 0.755. The number of hydrogen-bond donors (Lipinski definition) is 2. The SMILES string of the molecule is COc1ccc(C)cc1S(=O)(=O)N[C@H](C)C(=O)O. The number of ether oxygens (including phenoxy) is 1. The summed E-state index contributed by atoms with van der Waals surface area (Å²) in [4.78, 5) is 10.6. The number of benzene rings is 1. The summed E-state index contributed by atoms with van der Waals surface area (Å²) >= 11 is 0. The van der Waals surface area contributed by atoms with Gasteiger partial charge in [0, 0.05) is 0 Å². The zero-order valence-electron chi connectivity index (χ0n) is 10.3. The molecule has 1 aromatic rings. The van der Waals surface area contributed by atoms with Crippen molar-refractivity contribution in [3.8, 4) is 5.75 Å². The van der Waals surface area contributed by atoms with Crippen LogP contribution in [0.25, 0.3) is 0 Å². The van der Waals surface area contributed by atoms with Crippen molar-refractivity contribution in [1.82, 2.24) is 4.72 Å². The summed E-state index contributed by atoms with van der Waals surface area (Å²) in [5.74, 6) is -1.07. The summed E-state index contributed by atoms with van der Waals surface area (Å²) in [6.07, 6.45) is 0. The molecular weight excluding hydrogens is 258 g/mol. The van der Waals surface area contributed by atoms with Gasteiger partial charge < -0.3 is 9.84 Å². The van der Waals surface area contributed by atoms with Crippen LogP contribution in [0.1, 0.15) is 12.5 Å². The van der Waals surface area contributed by atoms with Gasteiger partial charge in [0.15, 0.2) is 0 Å². The molecule has 1 atom stereocenters. The molecule has 0 saturated heterocycles. The van der Waals surface area contributed by atoms with E-state index in [4.69, 9.17) is 9.84 Å². The van der Waals surface area contributed by atoms with Crippen molar-refractivity contribution in [3.63, 3.8) is 0 Å². The third-order valence-corrected chi connectivity index (χ3v) is 3.87. The van der Waals surface area contributed by atoms with E-state index < -0.39 is 22.0 Å². The minimum Gasteiger partial charge on any atom is -0.495 e. The maximum atomic E-state index is 12.0. The average molecular weight is 273 g/mol. The van der Waals surface area contributed by atoms with Crippen LogP contribution in [0.2, 0.25) is 0 Å². The number of aliphatic carboxylic acids is 1. The number of hydrogen-bond acceptors (Lipinski definition) is 4. The van der Waals surface area contributed by atoms with E-state index in [0.717, 1.165) is 5.56 Å². The van der Waals surface area contributed by atoms with Gasteiger partial charge in [0.25, 0.3) is 0 Å². The first kappa shape index (κ1) is 14.5. The van der Waals surface area contributed by atoms with Crippen LogP contribution in [-0.2, 0) is 14.8 Å². The molecule has 7 heteroatoms. The third-order valence-electron chi connectivity index (χ3n) is 2.31. The zero-order valence-corrected chi connectivity index (χ0v) is 11.1. The van der Waals surface area contributed by atoms with E-state index >= 15 is 0 Å². The highest BCUT2D eigenvalue weighted by Crippen LogP contribution is 2.24. The summed E-state index contributed by atoms with van der Waals surface area (Å²) in [6, 6.07) is 3.45. The summed E-state index contributed by atoms with van der Waals surface area (Å²) in [5.41, 5.74) is 0.735. The molecule has 0 saturated carbocycles. The van der Waals surface area contributed by atoms with Crippen LogP contribution in [0.15, 0.2) is 23.1 Å². The van der Waals surface area contributed by atoms with Gasteiger partial charge in [-0.3, -0.25) is 4.79 Å². The highest BCUT2D eigenvalue weighted by atomic mass is 32.2. The normalized spacial score (nSPS) is 13.1. The Kier molecular flexibility index (Phi) is 4.31. The van der Waals surface area contributed by atoms with Crippen LogP contribution in [0.4, 0.5) is 0 Å². The first-order valence-electron chi connectivity index (χ1n) is 5.17. The van der Waals surface area contributed by atoms with Crippen molar-refractivity contribution in [3.05, 3.63) is 23.8 Å². The maximum absolute atomic E-state index is 12.0. The first-order chi connectivity index (χ1) is 8.27. The molecule has 0 unspecified atom stereocenters. The molecule has 1 aromatic carbocycles. The summed E-state index contributed by atoms with van der Waals surface area (Å²) < 4.78 is 31.1. The van der Waals surface area contributed by atoms with Crippen LogP contribution in [0.5, 0.6) is 5.75 Å². The molecule has 2 N–H and O–H groups in total. The van der Waals surface area contributed by atoms with Crippen molar-refractivity contribution in [1.29, 1.82) is 0 Å². The Morgan fingerprint density at radius 1 is 1.44 bits per heavy atom. The monoisotopic (exact) mass is 273 g/mol. The van der Waals surface area contributed by atoms with E-state index in [2.05, 4.69) is 4.72 Å². The van der Waals surface area contributed by atoms with Gasteiger partial charge >= 0.3 is 5.97 Å². The molecule has 18 heavy (non-hydrogen) atoms. The highest BCUT2D eigenvalue weighted by molar-refractivity contribution is 7.89. The molecule has 0 fully saturated rings. The molecule has 0 radical (unpaired) electrons. The van der Waals surface area contributed by atoms with Gasteiger partial charge in [-0.05, 0) is 31.5 Å². The third kappa shape index (κ3) is 3.21. The van der Waals surface area contributed by atoms with Gasteiger partial charge in [0.05, 0.1) is 7.11 Å². The number of carbonyl (C=O) groups is 1. The second-order valence-corrected chi connectivity index (χ2v) is 5.52. The Bertz CT molecular complexity index is 553. The van der Waals surface area contributed by atoms with Crippen LogP contribution < -0.4 is 9.46 Å². The van der Waals surface area contributed by atoms with Crippen molar-refractivity contribution in [2.24, 2.45) is 0 Å². The van der Waals surface area contributed by atoms with E-state index in [0.29, 0.717) is 0 Å². The second-order valence-electron chi connectivity index (χ2n) is 3.84. The number of sulfonamides is 1. The number of rotatable bonds is 5. The van der Waals surface area contributed by atoms with Gasteiger partial charge in [0.1, 0.15) is 16.7 Å². The molecule has 0 bridgehead atoms. The van der Waals surface area contributed by atoms with Crippen molar-refractivity contribution >= 4 is 16.0 Å². The Balaban J connectivity index is 3.19. The number of aryl methyl sites for hydroxylation is 1. The molecule has 0 aromatic heterocycles. The molecular formula is C11H15NO5S. The number of carboxylic acids is 1. The van der Waals surface area contributed by atoms with E-state index in [1.54, 1.807) is 13.0 Å². The van der Waals surface area contributed by atoms with Gasteiger partial charge in [-0.1, -0.05) is 6.07 Å². The molecule has 1 rings (SSSR count). The van der Waals surface area contributed by atoms with E-state index in [-0.39, 0.29) is 10.6 Å². The van der Waals surface area contributed by atoms with E-state index in [9.17, 15) is 13.2 Å². The molecule has 0 amide bonds. The lowest BCUT2D eigenvalue weighted by molar-refractivity contribution is -0.138. The predicted molar refractivity (Wildman–Crippen MR) is 65.2 cm³/mol. The van der Waals surface area contributed by atoms with Gasteiger partial charge in [-0.15, -0.1) is 0 Å². The Morgan fingerprint density at radius 2 is 2.06 bits per heavy atom. The topological polar surface area (TPSA) is 92.7 Å². The molecule has 100 valence electrons.